The molecule has 1 aliphatic rings. The Morgan fingerprint density at radius 2 is 1.90 bits per heavy atom. The van der Waals surface area contributed by atoms with Crippen molar-refractivity contribution in [1.29, 1.82) is 0 Å². The first-order chi connectivity index (χ1) is 8.88. The first-order valence-corrected chi connectivity index (χ1v) is 8.64. The summed E-state index contributed by atoms with van der Waals surface area (Å²) in [7, 11) is -3.99. The zero-order valence-electron chi connectivity index (χ0n) is 11.5. The third-order valence-corrected chi connectivity index (χ3v) is 4.25. The summed E-state index contributed by atoms with van der Waals surface area (Å²) in [6.45, 7) is 2.15. The molecule has 0 spiro atoms. The van der Waals surface area contributed by atoms with E-state index >= 15 is 0 Å². The number of carbonyl (C=O) groups excluding carboxylic acids is 1. The van der Waals surface area contributed by atoms with Gasteiger partial charge in [-0.25, -0.2) is 5.06 Å². The molecule has 1 aliphatic carbocycles. The monoisotopic (exact) mass is 317 g/mol. The molecule has 0 aromatic carbocycles. The molecule has 1 saturated carbocycles. The van der Waals surface area contributed by atoms with Gasteiger partial charge in [0.15, 0.2) is 0 Å². The third-order valence-electron chi connectivity index (χ3n) is 3.35. The van der Waals surface area contributed by atoms with Crippen molar-refractivity contribution in [3.63, 3.8) is 0 Å². The van der Waals surface area contributed by atoms with Crippen molar-refractivity contribution in [2.24, 2.45) is 5.92 Å². The second-order valence-corrected chi connectivity index (χ2v) is 6.94. The molecule has 0 radical (unpaired) electrons. The molecule has 1 rings (SSSR count). The predicted molar refractivity (Wildman–Crippen MR) is 78.6 cm³/mol. The molecule has 1 amide bonds. The van der Waals surface area contributed by atoms with Crippen LogP contribution >= 0.6 is 7.60 Å². The molecule has 20 heavy (non-hydrogen) atoms. The van der Waals surface area contributed by atoms with Crippen LogP contribution in [0, 0.1) is 5.92 Å². The van der Waals surface area contributed by atoms with Crippen LogP contribution in [0.3, 0.4) is 0 Å². The van der Waals surface area contributed by atoms with Gasteiger partial charge in [-0.05, 0) is 25.2 Å². The van der Waals surface area contributed by atoms with Gasteiger partial charge in [0.05, 0.1) is 12.8 Å². The quantitative estimate of drug-likeness (QED) is 0.419. The fourth-order valence-corrected chi connectivity index (χ4v) is 2.84. The Labute approximate surface area is 142 Å². The molecule has 1 fully saturated rings. The molecule has 0 atom stereocenters. The first-order valence-electron chi connectivity index (χ1n) is 6.84. The van der Waals surface area contributed by atoms with Gasteiger partial charge in [0, 0.05) is 13.5 Å². The summed E-state index contributed by atoms with van der Waals surface area (Å²) in [5.74, 6) is 0.277. The van der Waals surface area contributed by atoms with Gasteiger partial charge in [-0.3, -0.25) is 14.2 Å². The molecule has 8 heteroatoms. The minimum atomic E-state index is -3.99. The zero-order valence-corrected chi connectivity index (χ0v) is 12.3. The Bertz CT molecular complexity index is 330. The van der Waals surface area contributed by atoms with Gasteiger partial charge in [0.2, 0.25) is 5.91 Å². The van der Waals surface area contributed by atoms with Crippen molar-refractivity contribution in [1.82, 2.24) is 5.06 Å². The molecule has 0 saturated heterocycles. The van der Waals surface area contributed by atoms with E-state index in [4.69, 9.17) is 14.6 Å². The Hall–Kier alpha value is 0.580. The van der Waals surface area contributed by atoms with Crippen LogP contribution in [-0.4, -0.2) is 69.6 Å². The van der Waals surface area contributed by atoms with Gasteiger partial charge >= 0.3 is 37.2 Å². The molecule has 0 aromatic heterocycles. The fraction of sp³-hybridized carbons (Fsp3) is 0.917. The van der Waals surface area contributed by atoms with Crippen molar-refractivity contribution < 1.29 is 24.0 Å². The number of amides is 1. The SMILES string of the molecule is CC(=O)N(CCCP(=O)(O)O)OCC1CCCCC1.[NaH]. The van der Waals surface area contributed by atoms with Crippen molar-refractivity contribution in [2.75, 3.05) is 19.3 Å². The molecule has 0 aliphatic heterocycles. The number of nitrogens with zero attached hydrogens (tertiary/aromatic N) is 1. The van der Waals surface area contributed by atoms with E-state index in [1.54, 1.807) is 0 Å². The summed E-state index contributed by atoms with van der Waals surface area (Å²) < 4.78 is 10.7. The van der Waals surface area contributed by atoms with Gasteiger partial charge in [0.1, 0.15) is 0 Å². The van der Waals surface area contributed by atoms with Crippen molar-refractivity contribution >= 4 is 43.1 Å². The van der Waals surface area contributed by atoms with E-state index in [9.17, 15) is 9.36 Å². The van der Waals surface area contributed by atoms with E-state index in [0.717, 1.165) is 12.8 Å². The number of hydroxylamine groups is 2. The van der Waals surface area contributed by atoms with Gasteiger partial charge in [-0.1, -0.05) is 19.3 Å². The summed E-state index contributed by atoms with van der Waals surface area (Å²) in [6, 6.07) is 0. The van der Waals surface area contributed by atoms with E-state index in [-0.39, 0.29) is 54.6 Å². The maximum atomic E-state index is 11.4. The summed E-state index contributed by atoms with van der Waals surface area (Å²) in [5.41, 5.74) is 0. The maximum absolute atomic E-state index is 11.4. The van der Waals surface area contributed by atoms with Crippen LogP contribution in [-0.2, 0) is 14.2 Å². The molecule has 114 valence electrons. The molecular weight excluding hydrogens is 292 g/mol. The molecule has 6 nitrogen and oxygen atoms in total. The molecule has 0 bridgehead atoms. The standard InChI is InChI=1S/C12H24NO5P.Na.H/c1-11(14)13(8-5-9-19(15,16)17)18-10-12-6-3-2-4-7-12;;/h12H,2-10H2,1H3,(H2,15,16,17);;. The van der Waals surface area contributed by atoms with Crippen LogP contribution in [0.15, 0.2) is 0 Å². The average molecular weight is 317 g/mol. The predicted octanol–water partition coefficient (Wildman–Crippen LogP) is 1.27. The molecular formula is C12H25NNaO5P. The molecule has 0 unspecified atom stereocenters. The second kappa shape index (κ2) is 10.3. The first kappa shape index (κ1) is 20.6. The van der Waals surface area contributed by atoms with Crippen LogP contribution in [0.25, 0.3) is 0 Å². The molecule has 0 aromatic rings. The Balaban J connectivity index is 0.00000361. The fourth-order valence-electron chi connectivity index (χ4n) is 2.28. The van der Waals surface area contributed by atoms with E-state index in [0.29, 0.717) is 12.5 Å². The summed E-state index contributed by atoms with van der Waals surface area (Å²) in [4.78, 5) is 34.4. The van der Waals surface area contributed by atoms with Crippen molar-refractivity contribution in [2.45, 2.75) is 45.4 Å². The minimum absolute atomic E-state index is 0. The van der Waals surface area contributed by atoms with Crippen molar-refractivity contribution in [3.8, 4) is 0 Å². The van der Waals surface area contributed by atoms with E-state index < -0.39 is 7.60 Å². The van der Waals surface area contributed by atoms with Gasteiger partial charge in [-0.2, -0.15) is 0 Å². The second-order valence-electron chi connectivity index (χ2n) is 5.16. The Morgan fingerprint density at radius 3 is 2.40 bits per heavy atom. The van der Waals surface area contributed by atoms with Gasteiger partial charge in [-0.15, -0.1) is 0 Å². The Kier molecular flexibility index (Phi) is 10.6. The third kappa shape index (κ3) is 9.50. The van der Waals surface area contributed by atoms with Crippen LogP contribution < -0.4 is 0 Å². The van der Waals surface area contributed by atoms with Crippen molar-refractivity contribution in [3.05, 3.63) is 0 Å². The topological polar surface area (TPSA) is 87.1 Å². The summed E-state index contributed by atoms with van der Waals surface area (Å²) in [5, 5.41) is 1.23. The number of carbonyl (C=O) groups is 1. The number of rotatable bonds is 7. The molecule has 0 heterocycles. The Morgan fingerprint density at radius 1 is 1.30 bits per heavy atom. The summed E-state index contributed by atoms with van der Waals surface area (Å²) >= 11 is 0. The van der Waals surface area contributed by atoms with E-state index in [2.05, 4.69) is 0 Å². The van der Waals surface area contributed by atoms with Gasteiger partial charge < -0.3 is 9.79 Å². The van der Waals surface area contributed by atoms with Crippen LogP contribution in [0.4, 0.5) is 0 Å². The number of hydrogen-bond acceptors (Lipinski definition) is 3. The zero-order chi connectivity index (χ0) is 14.3. The van der Waals surface area contributed by atoms with Crippen LogP contribution in [0.5, 0.6) is 0 Å². The van der Waals surface area contributed by atoms with E-state index in [1.807, 2.05) is 0 Å². The van der Waals surface area contributed by atoms with Crippen LogP contribution in [0.1, 0.15) is 45.4 Å². The average Bonchev–Trinajstić information content (AvgIpc) is 2.33. The number of hydrogen-bond donors (Lipinski definition) is 2. The summed E-state index contributed by atoms with van der Waals surface area (Å²) in [6.07, 6.45) is 5.99. The van der Waals surface area contributed by atoms with Crippen LogP contribution in [0.2, 0.25) is 0 Å². The molecule has 2 N–H and O–H groups in total. The van der Waals surface area contributed by atoms with Gasteiger partial charge in [0.25, 0.3) is 0 Å². The normalized spacial score (nSPS) is 16.6. The van der Waals surface area contributed by atoms with E-state index in [1.165, 1.54) is 31.2 Å².